The van der Waals surface area contributed by atoms with E-state index in [2.05, 4.69) is 5.32 Å². The van der Waals surface area contributed by atoms with Gasteiger partial charge in [0.1, 0.15) is 5.82 Å². The molecule has 140 valence electrons. The first kappa shape index (κ1) is 19.7. The van der Waals surface area contributed by atoms with E-state index in [4.69, 9.17) is 9.47 Å². The molecule has 1 amide bonds. The molecular formula is C19H29FN2O3. The number of morpholine rings is 1. The smallest absolute Gasteiger partial charge is 0.220 e. The Balaban J connectivity index is 1.85. The van der Waals surface area contributed by atoms with E-state index in [1.165, 1.54) is 6.07 Å². The third-order valence-corrected chi connectivity index (χ3v) is 4.16. The molecule has 1 N–H and O–H groups in total. The zero-order chi connectivity index (χ0) is 18.2. The Morgan fingerprint density at radius 2 is 2.08 bits per heavy atom. The zero-order valence-corrected chi connectivity index (χ0v) is 15.4. The molecule has 0 spiro atoms. The average molecular weight is 352 g/mol. The SMILES string of the molecule is CCOCCCC(=O)NCc1ccc(N2C[C@H](C)O[C@@H](C)C2)c(F)c1. The molecule has 5 nitrogen and oxygen atoms in total. The number of hydrogen-bond donors (Lipinski definition) is 1. The minimum absolute atomic E-state index is 0.0417. The van der Waals surface area contributed by atoms with E-state index >= 15 is 0 Å². The van der Waals surface area contributed by atoms with Gasteiger partial charge in [-0.1, -0.05) is 6.07 Å². The molecule has 2 rings (SSSR count). The molecule has 0 bridgehead atoms. The Morgan fingerprint density at radius 1 is 1.36 bits per heavy atom. The second-order valence-electron chi connectivity index (χ2n) is 6.53. The summed E-state index contributed by atoms with van der Waals surface area (Å²) in [6.07, 6.45) is 1.28. The van der Waals surface area contributed by atoms with Gasteiger partial charge in [-0.15, -0.1) is 0 Å². The molecule has 0 saturated carbocycles. The van der Waals surface area contributed by atoms with Crippen LogP contribution < -0.4 is 10.2 Å². The highest BCUT2D eigenvalue weighted by Crippen LogP contribution is 2.24. The predicted molar refractivity (Wildman–Crippen MR) is 96.2 cm³/mol. The molecule has 0 aliphatic carbocycles. The molecule has 1 saturated heterocycles. The molecule has 1 heterocycles. The van der Waals surface area contributed by atoms with Crippen molar-refractivity contribution in [2.24, 2.45) is 0 Å². The van der Waals surface area contributed by atoms with Crippen LogP contribution in [-0.2, 0) is 20.8 Å². The van der Waals surface area contributed by atoms with Crippen molar-refractivity contribution in [3.05, 3.63) is 29.6 Å². The van der Waals surface area contributed by atoms with Crippen LogP contribution in [0.5, 0.6) is 0 Å². The Bertz CT molecular complexity index is 558. The Kier molecular flexibility index (Phi) is 7.65. The van der Waals surface area contributed by atoms with E-state index < -0.39 is 0 Å². The van der Waals surface area contributed by atoms with Crippen LogP contribution in [0.1, 0.15) is 39.2 Å². The van der Waals surface area contributed by atoms with Crippen LogP contribution in [0.4, 0.5) is 10.1 Å². The Hall–Kier alpha value is -1.66. The number of halogens is 1. The van der Waals surface area contributed by atoms with E-state index in [-0.39, 0.29) is 23.9 Å². The summed E-state index contributed by atoms with van der Waals surface area (Å²) < 4.78 is 25.4. The van der Waals surface area contributed by atoms with Crippen molar-refractivity contribution < 1.29 is 18.7 Å². The lowest BCUT2D eigenvalue weighted by Gasteiger charge is -2.37. The van der Waals surface area contributed by atoms with Gasteiger partial charge in [-0.2, -0.15) is 0 Å². The van der Waals surface area contributed by atoms with Gasteiger partial charge < -0.3 is 19.7 Å². The molecule has 0 aromatic heterocycles. The lowest BCUT2D eigenvalue weighted by atomic mass is 10.1. The second kappa shape index (κ2) is 9.73. The van der Waals surface area contributed by atoms with Gasteiger partial charge in [0.05, 0.1) is 17.9 Å². The van der Waals surface area contributed by atoms with Crippen LogP contribution in [0, 0.1) is 5.82 Å². The molecule has 6 heteroatoms. The fourth-order valence-corrected chi connectivity index (χ4v) is 3.06. The molecule has 1 aromatic carbocycles. The fourth-order valence-electron chi connectivity index (χ4n) is 3.06. The minimum atomic E-state index is -0.260. The fraction of sp³-hybridized carbons (Fsp3) is 0.632. The standard InChI is InChI=1S/C19H29FN2O3/c1-4-24-9-5-6-19(23)21-11-16-7-8-18(17(20)10-16)22-12-14(2)25-15(3)13-22/h7-8,10,14-15H,4-6,9,11-13H2,1-3H3,(H,21,23)/t14-,15-/m0/s1. The minimum Gasteiger partial charge on any atom is -0.382 e. The van der Waals surface area contributed by atoms with Crippen LogP contribution in [0.3, 0.4) is 0 Å². The number of nitrogens with one attached hydrogen (secondary N) is 1. The Labute approximate surface area is 149 Å². The van der Waals surface area contributed by atoms with Crippen molar-refractivity contribution in [2.45, 2.75) is 52.4 Å². The van der Waals surface area contributed by atoms with E-state index in [9.17, 15) is 9.18 Å². The maximum absolute atomic E-state index is 14.5. The maximum Gasteiger partial charge on any atom is 0.220 e. The zero-order valence-electron chi connectivity index (χ0n) is 15.4. The summed E-state index contributed by atoms with van der Waals surface area (Å²) >= 11 is 0. The number of carbonyl (C=O) groups is 1. The van der Waals surface area contributed by atoms with Gasteiger partial charge in [0.15, 0.2) is 0 Å². The summed E-state index contributed by atoms with van der Waals surface area (Å²) in [6.45, 7) is 8.86. The number of carbonyl (C=O) groups excluding carboxylic acids is 1. The van der Waals surface area contributed by atoms with Gasteiger partial charge in [0, 0.05) is 39.3 Å². The molecule has 1 aromatic rings. The highest BCUT2D eigenvalue weighted by atomic mass is 19.1. The number of anilines is 1. The van der Waals surface area contributed by atoms with Gasteiger partial charge >= 0.3 is 0 Å². The number of amides is 1. The first-order valence-electron chi connectivity index (χ1n) is 9.02. The van der Waals surface area contributed by atoms with E-state index in [0.29, 0.717) is 51.4 Å². The first-order chi connectivity index (χ1) is 12.0. The molecule has 1 aliphatic rings. The summed E-state index contributed by atoms with van der Waals surface area (Å²) in [5, 5.41) is 2.82. The molecular weight excluding hydrogens is 323 g/mol. The summed E-state index contributed by atoms with van der Waals surface area (Å²) in [4.78, 5) is 13.8. The third kappa shape index (κ3) is 6.29. The van der Waals surface area contributed by atoms with Crippen LogP contribution in [-0.4, -0.2) is 44.4 Å². The number of rotatable bonds is 8. The maximum atomic E-state index is 14.5. The monoisotopic (exact) mass is 352 g/mol. The van der Waals surface area contributed by atoms with Gasteiger partial charge in [0.2, 0.25) is 5.91 Å². The molecule has 25 heavy (non-hydrogen) atoms. The van der Waals surface area contributed by atoms with Crippen molar-refractivity contribution in [3.8, 4) is 0 Å². The van der Waals surface area contributed by atoms with Crippen molar-refractivity contribution in [2.75, 3.05) is 31.2 Å². The lowest BCUT2D eigenvalue weighted by Crippen LogP contribution is -2.45. The van der Waals surface area contributed by atoms with E-state index in [1.54, 1.807) is 6.07 Å². The van der Waals surface area contributed by atoms with Crippen LogP contribution >= 0.6 is 0 Å². The normalized spacial score (nSPS) is 20.6. The number of benzene rings is 1. The van der Waals surface area contributed by atoms with Crippen LogP contribution in [0.2, 0.25) is 0 Å². The first-order valence-corrected chi connectivity index (χ1v) is 9.02. The number of ether oxygens (including phenoxy) is 2. The summed E-state index contributed by atoms with van der Waals surface area (Å²) in [6, 6.07) is 5.15. The van der Waals surface area contributed by atoms with Crippen molar-refractivity contribution >= 4 is 11.6 Å². The van der Waals surface area contributed by atoms with Gasteiger partial charge in [0.25, 0.3) is 0 Å². The van der Waals surface area contributed by atoms with E-state index in [1.807, 2.05) is 31.7 Å². The van der Waals surface area contributed by atoms with Gasteiger partial charge in [-0.25, -0.2) is 4.39 Å². The third-order valence-electron chi connectivity index (χ3n) is 4.16. The molecule has 2 atom stereocenters. The number of nitrogens with zero attached hydrogens (tertiary/aromatic N) is 1. The van der Waals surface area contributed by atoms with Crippen LogP contribution in [0.25, 0.3) is 0 Å². The summed E-state index contributed by atoms with van der Waals surface area (Å²) in [7, 11) is 0. The molecule has 1 aliphatic heterocycles. The predicted octanol–water partition coefficient (Wildman–Crippen LogP) is 2.87. The van der Waals surface area contributed by atoms with Crippen molar-refractivity contribution in [3.63, 3.8) is 0 Å². The summed E-state index contributed by atoms with van der Waals surface area (Å²) in [5.74, 6) is -0.301. The molecule has 0 radical (unpaired) electrons. The second-order valence-corrected chi connectivity index (χ2v) is 6.53. The molecule has 0 unspecified atom stereocenters. The van der Waals surface area contributed by atoms with Gasteiger partial charge in [-0.3, -0.25) is 4.79 Å². The Morgan fingerprint density at radius 3 is 2.72 bits per heavy atom. The van der Waals surface area contributed by atoms with Crippen molar-refractivity contribution in [1.82, 2.24) is 5.32 Å². The average Bonchev–Trinajstić information content (AvgIpc) is 2.56. The number of hydrogen-bond acceptors (Lipinski definition) is 4. The molecule has 1 fully saturated rings. The van der Waals surface area contributed by atoms with E-state index in [0.717, 1.165) is 5.56 Å². The largest absolute Gasteiger partial charge is 0.382 e. The summed E-state index contributed by atoms with van der Waals surface area (Å²) in [5.41, 5.74) is 1.35. The van der Waals surface area contributed by atoms with Crippen LogP contribution in [0.15, 0.2) is 18.2 Å². The lowest BCUT2D eigenvalue weighted by molar-refractivity contribution is -0.121. The highest BCUT2D eigenvalue weighted by molar-refractivity contribution is 5.75. The topological polar surface area (TPSA) is 50.8 Å². The van der Waals surface area contributed by atoms with Gasteiger partial charge in [-0.05, 0) is 44.9 Å². The van der Waals surface area contributed by atoms with Crippen molar-refractivity contribution in [1.29, 1.82) is 0 Å². The quantitative estimate of drug-likeness (QED) is 0.731. The highest BCUT2D eigenvalue weighted by Gasteiger charge is 2.24.